The number of fused-ring (bicyclic) bond motifs is 1. The number of aromatic nitrogens is 1. The van der Waals surface area contributed by atoms with Gasteiger partial charge in [-0.2, -0.15) is 0 Å². The van der Waals surface area contributed by atoms with Gasteiger partial charge in [0.2, 0.25) is 0 Å². The summed E-state index contributed by atoms with van der Waals surface area (Å²) in [6.45, 7) is 1.51. The number of pyridine rings is 1. The molecule has 1 unspecified atom stereocenters. The van der Waals surface area contributed by atoms with Crippen LogP contribution in [0.25, 0.3) is 10.8 Å². The van der Waals surface area contributed by atoms with Crippen molar-refractivity contribution in [2.45, 2.75) is 25.5 Å². The Labute approximate surface area is 156 Å². The van der Waals surface area contributed by atoms with Gasteiger partial charge in [0.05, 0.1) is 0 Å². The van der Waals surface area contributed by atoms with E-state index < -0.39 is 17.6 Å². The lowest BCUT2D eigenvalue weighted by Gasteiger charge is -2.25. The summed E-state index contributed by atoms with van der Waals surface area (Å²) < 4.78 is 5.15. The van der Waals surface area contributed by atoms with Gasteiger partial charge < -0.3 is 15.2 Å². The number of amides is 1. The van der Waals surface area contributed by atoms with E-state index in [1.807, 2.05) is 60.7 Å². The van der Waals surface area contributed by atoms with E-state index >= 15 is 0 Å². The van der Waals surface area contributed by atoms with E-state index in [2.05, 4.69) is 10.3 Å². The highest BCUT2D eigenvalue weighted by atomic mass is 16.5. The molecule has 1 atom stereocenters. The van der Waals surface area contributed by atoms with Crippen LogP contribution in [0, 0.1) is 0 Å². The SMILES string of the molecule is CC(Cc1cc2ccccc2cn1)(NC(=O)OCc1ccccc1)C(=O)O. The minimum atomic E-state index is -1.54. The van der Waals surface area contributed by atoms with Crippen LogP contribution in [0.1, 0.15) is 18.2 Å². The molecule has 3 rings (SSSR count). The van der Waals surface area contributed by atoms with Crippen LogP contribution in [0.15, 0.2) is 66.9 Å². The molecule has 0 aliphatic carbocycles. The Morgan fingerprint density at radius 3 is 2.44 bits per heavy atom. The molecule has 0 saturated heterocycles. The molecule has 0 bridgehead atoms. The molecule has 2 aromatic carbocycles. The molecule has 1 aromatic heterocycles. The summed E-state index contributed by atoms with van der Waals surface area (Å²) in [4.78, 5) is 28.2. The number of aliphatic carboxylic acids is 1. The van der Waals surface area contributed by atoms with Crippen LogP contribution in [0.2, 0.25) is 0 Å². The molecule has 0 radical (unpaired) electrons. The summed E-state index contributed by atoms with van der Waals surface area (Å²) in [5, 5.41) is 14.0. The molecule has 27 heavy (non-hydrogen) atoms. The van der Waals surface area contributed by atoms with Gasteiger partial charge in [-0.25, -0.2) is 9.59 Å². The molecule has 1 heterocycles. The Bertz CT molecular complexity index is 959. The molecule has 6 nitrogen and oxygen atoms in total. The highest BCUT2D eigenvalue weighted by Crippen LogP contribution is 2.18. The van der Waals surface area contributed by atoms with Crippen LogP contribution >= 0.6 is 0 Å². The number of nitrogens with zero attached hydrogens (tertiary/aromatic N) is 1. The van der Waals surface area contributed by atoms with Crippen LogP contribution < -0.4 is 5.32 Å². The van der Waals surface area contributed by atoms with Crippen LogP contribution in [-0.4, -0.2) is 27.7 Å². The molecule has 0 fully saturated rings. The van der Waals surface area contributed by atoms with Crippen molar-refractivity contribution in [3.63, 3.8) is 0 Å². The van der Waals surface area contributed by atoms with Gasteiger partial charge in [-0.05, 0) is 23.9 Å². The third-order valence-corrected chi connectivity index (χ3v) is 4.28. The van der Waals surface area contributed by atoms with Gasteiger partial charge in [0.25, 0.3) is 0 Å². The average Bonchev–Trinajstić information content (AvgIpc) is 2.67. The molecule has 3 aromatic rings. The molecule has 0 spiro atoms. The fourth-order valence-electron chi connectivity index (χ4n) is 2.75. The molecule has 0 aliphatic rings. The predicted octanol–water partition coefficient (Wildman–Crippen LogP) is 3.55. The van der Waals surface area contributed by atoms with Gasteiger partial charge in [-0.1, -0.05) is 54.6 Å². The molecule has 2 N–H and O–H groups in total. The van der Waals surface area contributed by atoms with Gasteiger partial charge in [-0.15, -0.1) is 0 Å². The van der Waals surface area contributed by atoms with Gasteiger partial charge in [0.1, 0.15) is 12.1 Å². The molecule has 138 valence electrons. The lowest BCUT2D eigenvalue weighted by Crippen LogP contribution is -2.54. The number of nitrogens with one attached hydrogen (secondary N) is 1. The Morgan fingerprint density at radius 1 is 1.07 bits per heavy atom. The third kappa shape index (κ3) is 4.61. The van der Waals surface area contributed by atoms with Crippen molar-refractivity contribution in [2.75, 3.05) is 0 Å². The number of carboxylic acids is 1. The summed E-state index contributed by atoms with van der Waals surface area (Å²) in [6, 6.07) is 18.7. The van der Waals surface area contributed by atoms with E-state index in [0.29, 0.717) is 5.69 Å². The zero-order chi connectivity index (χ0) is 19.3. The van der Waals surface area contributed by atoms with Crippen molar-refractivity contribution in [3.8, 4) is 0 Å². The average molecular weight is 364 g/mol. The van der Waals surface area contributed by atoms with Gasteiger partial charge in [0, 0.05) is 23.7 Å². The topological polar surface area (TPSA) is 88.5 Å². The van der Waals surface area contributed by atoms with Crippen molar-refractivity contribution in [3.05, 3.63) is 78.1 Å². The van der Waals surface area contributed by atoms with Crippen LogP contribution in [0.4, 0.5) is 4.79 Å². The molecule has 0 aliphatic heterocycles. The van der Waals surface area contributed by atoms with E-state index in [0.717, 1.165) is 16.3 Å². The van der Waals surface area contributed by atoms with Gasteiger partial charge in [-0.3, -0.25) is 4.98 Å². The van der Waals surface area contributed by atoms with E-state index in [-0.39, 0.29) is 13.0 Å². The predicted molar refractivity (Wildman–Crippen MR) is 101 cm³/mol. The van der Waals surface area contributed by atoms with Crippen molar-refractivity contribution >= 4 is 22.8 Å². The van der Waals surface area contributed by atoms with Gasteiger partial charge in [0.15, 0.2) is 0 Å². The number of rotatable bonds is 6. The maximum Gasteiger partial charge on any atom is 0.408 e. The van der Waals surface area contributed by atoms with E-state index in [4.69, 9.17) is 4.74 Å². The maximum absolute atomic E-state index is 12.1. The standard InChI is InChI=1S/C21H20N2O4/c1-21(19(24)25,23-20(26)27-14-15-7-3-2-4-8-15)12-18-11-16-9-5-6-10-17(16)13-22-18/h2-11,13H,12,14H2,1H3,(H,23,26)(H,24,25). The van der Waals surface area contributed by atoms with Crippen molar-refractivity contribution < 1.29 is 19.4 Å². The van der Waals surface area contributed by atoms with Crippen molar-refractivity contribution in [2.24, 2.45) is 0 Å². The number of benzene rings is 2. The molecular formula is C21H20N2O4. The van der Waals surface area contributed by atoms with E-state index in [9.17, 15) is 14.7 Å². The first-order valence-electron chi connectivity index (χ1n) is 8.52. The fraction of sp³-hybridized carbons (Fsp3) is 0.190. The smallest absolute Gasteiger partial charge is 0.408 e. The minimum absolute atomic E-state index is 0.0353. The summed E-state index contributed by atoms with van der Waals surface area (Å²) in [6.07, 6.45) is 0.943. The Kier molecular flexibility index (Phi) is 5.35. The third-order valence-electron chi connectivity index (χ3n) is 4.28. The second-order valence-corrected chi connectivity index (χ2v) is 6.52. The number of carbonyl (C=O) groups excluding carboxylic acids is 1. The quantitative estimate of drug-likeness (QED) is 0.698. The Balaban J connectivity index is 1.70. The maximum atomic E-state index is 12.1. The summed E-state index contributed by atoms with van der Waals surface area (Å²) in [5.41, 5.74) is -0.147. The van der Waals surface area contributed by atoms with Crippen LogP contribution in [0.3, 0.4) is 0 Å². The zero-order valence-electron chi connectivity index (χ0n) is 14.9. The first-order chi connectivity index (χ1) is 13.0. The number of carboxylic acid groups (broad SMARTS) is 1. The number of hydrogen-bond donors (Lipinski definition) is 2. The normalized spacial score (nSPS) is 12.9. The second-order valence-electron chi connectivity index (χ2n) is 6.52. The second kappa shape index (κ2) is 7.86. The van der Waals surface area contributed by atoms with Crippen LogP contribution in [-0.2, 0) is 22.6 Å². The van der Waals surface area contributed by atoms with Crippen molar-refractivity contribution in [1.82, 2.24) is 10.3 Å². The first kappa shape index (κ1) is 18.4. The van der Waals surface area contributed by atoms with Gasteiger partial charge >= 0.3 is 12.1 Å². The molecule has 1 amide bonds. The van der Waals surface area contributed by atoms with E-state index in [1.54, 1.807) is 6.20 Å². The minimum Gasteiger partial charge on any atom is -0.480 e. The number of ether oxygens (including phenoxy) is 1. The highest BCUT2D eigenvalue weighted by Gasteiger charge is 2.36. The Morgan fingerprint density at radius 2 is 1.74 bits per heavy atom. The lowest BCUT2D eigenvalue weighted by molar-refractivity contribution is -0.143. The monoisotopic (exact) mass is 364 g/mol. The Hall–Kier alpha value is -3.41. The molecular weight excluding hydrogens is 344 g/mol. The van der Waals surface area contributed by atoms with Crippen LogP contribution in [0.5, 0.6) is 0 Å². The number of carbonyl (C=O) groups is 2. The highest BCUT2D eigenvalue weighted by molar-refractivity contribution is 5.85. The summed E-state index contributed by atoms with van der Waals surface area (Å²) in [5.74, 6) is -1.16. The first-order valence-corrected chi connectivity index (χ1v) is 8.52. The number of alkyl carbamates (subject to hydrolysis) is 1. The fourth-order valence-corrected chi connectivity index (χ4v) is 2.75. The summed E-state index contributed by atoms with van der Waals surface area (Å²) >= 11 is 0. The van der Waals surface area contributed by atoms with Crippen molar-refractivity contribution in [1.29, 1.82) is 0 Å². The zero-order valence-corrected chi connectivity index (χ0v) is 14.9. The summed E-state index contributed by atoms with van der Waals surface area (Å²) in [7, 11) is 0. The van der Waals surface area contributed by atoms with E-state index in [1.165, 1.54) is 6.92 Å². The largest absolute Gasteiger partial charge is 0.480 e. The lowest BCUT2D eigenvalue weighted by atomic mass is 9.95. The number of hydrogen-bond acceptors (Lipinski definition) is 4. The molecule has 6 heteroatoms. The molecule has 0 saturated carbocycles.